The predicted octanol–water partition coefficient (Wildman–Crippen LogP) is 2.21. The van der Waals surface area contributed by atoms with Crippen molar-refractivity contribution in [3.63, 3.8) is 0 Å². The number of amides is 1. The third-order valence-corrected chi connectivity index (χ3v) is 3.25. The molecule has 0 saturated carbocycles. The van der Waals surface area contributed by atoms with Gasteiger partial charge in [0.15, 0.2) is 6.10 Å². The van der Waals surface area contributed by atoms with Crippen LogP contribution in [0.5, 0.6) is 5.75 Å². The number of rotatable bonds is 5. The molecule has 0 fully saturated rings. The maximum Gasteiger partial charge on any atom is 0.265 e. The number of benzene rings is 2. The Morgan fingerprint density at radius 1 is 1.25 bits per heavy atom. The molecule has 122 valence electrons. The molecule has 1 atom stereocenters. The number of halogens is 1. The lowest BCUT2D eigenvalue weighted by atomic mass is 10.2. The van der Waals surface area contributed by atoms with Crippen molar-refractivity contribution in [2.24, 2.45) is 0 Å². The van der Waals surface area contributed by atoms with Crippen molar-refractivity contribution in [2.75, 3.05) is 5.32 Å². The average Bonchev–Trinajstić information content (AvgIpc) is 3.12. The number of anilines is 1. The second-order valence-electron chi connectivity index (χ2n) is 4.98. The van der Waals surface area contributed by atoms with Gasteiger partial charge in [-0.3, -0.25) is 4.79 Å². The molecule has 1 amide bonds. The molecule has 0 saturated heterocycles. The van der Waals surface area contributed by atoms with Crippen LogP contribution in [0.25, 0.3) is 5.69 Å². The van der Waals surface area contributed by atoms with E-state index >= 15 is 0 Å². The Kier molecular flexibility index (Phi) is 4.46. The molecule has 1 heterocycles. The lowest BCUT2D eigenvalue weighted by molar-refractivity contribution is -0.122. The Labute approximate surface area is 137 Å². The van der Waals surface area contributed by atoms with E-state index in [-0.39, 0.29) is 5.69 Å². The molecule has 0 aliphatic rings. The fourth-order valence-corrected chi connectivity index (χ4v) is 2.02. The van der Waals surface area contributed by atoms with Gasteiger partial charge >= 0.3 is 0 Å². The van der Waals surface area contributed by atoms with Gasteiger partial charge in [-0.2, -0.15) is 0 Å². The molecule has 3 aromatic rings. The summed E-state index contributed by atoms with van der Waals surface area (Å²) in [4.78, 5) is 12.2. The normalized spacial score (nSPS) is 11.8. The molecule has 8 heteroatoms. The van der Waals surface area contributed by atoms with E-state index in [1.807, 2.05) is 6.07 Å². The van der Waals surface area contributed by atoms with Gasteiger partial charge in [-0.25, -0.2) is 9.07 Å². The van der Waals surface area contributed by atoms with Crippen LogP contribution in [0.15, 0.2) is 54.9 Å². The number of ether oxygens (including phenoxy) is 1. The standard InChI is InChI=1S/C16H14FN5O2/c1-11(24-13-5-3-2-4-6-13)16(23)19-15-9-12(7-8-14(15)17)22-10-18-20-21-22/h2-11H,1H3,(H,19,23)/t11-/m0/s1. The third kappa shape index (κ3) is 3.54. The van der Waals surface area contributed by atoms with Crippen LogP contribution in [0.3, 0.4) is 0 Å². The molecule has 24 heavy (non-hydrogen) atoms. The number of hydrogen-bond acceptors (Lipinski definition) is 5. The fourth-order valence-electron chi connectivity index (χ4n) is 2.02. The molecule has 1 aromatic heterocycles. The third-order valence-electron chi connectivity index (χ3n) is 3.25. The Morgan fingerprint density at radius 3 is 2.75 bits per heavy atom. The molecule has 0 aliphatic carbocycles. The zero-order chi connectivity index (χ0) is 16.9. The van der Waals surface area contributed by atoms with Crippen molar-refractivity contribution >= 4 is 11.6 Å². The summed E-state index contributed by atoms with van der Waals surface area (Å²) >= 11 is 0. The molecule has 0 bridgehead atoms. The highest BCUT2D eigenvalue weighted by molar-refractivity contribution is 5.94. The number of nitrogens with zero attached hydrogens (tertiary/aromatic N) is 4. The first kappa shape index (κ1) is 15.6. The first-order valence-electron chi connectivity index (χ1n) is 7.19. The van der Waals surface area contributed by atoms with Gasteiger partial charge < -0.3 is 10.1 Å². The van der Waals surface area contributed by atoms with E-state index in [0.717, 1.165) is 0 Å². The summed E-state index contributed by atoms with van der Waals surface area (Å²) in [5, 5.41) is 13.3. The number of aromatic nitrogens is 4. The van der Waals surface area contributed by atoms with Gasteiger partial charge in [0.1, 0.15) is 17.9 Å². The molecule has 1 N–H and O–H groups in total. The van der Waals surface area contributed by atoms with Crippen LogP contribution in [0.2, 0.25) is 0 Å². The lowest BCUT2D eigenvalue weighted by Gasteiger charge is -2.15. The van der Waals surface area contributed by atoms with Crippen LogP contribution >= 0.6 is 0 Å². The molecule has 2 aromatic carbocycles. The van der Waals surface area contributed by atoms with E-state index in [2.05, 4.69) is 20.8 Å². The first-order valence-corrected chi connectivity index (χ1v) is 7.19. The number of carbonyl (C=O) groups excluding carboxylic acids is 1. The lowest BCUT2D eigenvalue weighted by Crippen LogP contribution is -2.30. The van der Waals surface area contributed by atoms with Gasteiger partial charge in [0, 0.05) is 0 Å². The largest absolute Gasteiger partial charge is 0.481 e. The maximum absolute atomic E-state index is 13.9. The van der Waals surface area contributed by atoms with Crippen molar-refractivity contribution in [3.8, 4) is 11.4 Å². The summed E-state index contributed by atoms with van der Waals surface area (Å²) in [6, 6.07) is 13.1. The zero-order valence-electron chi connectivity index (χ0n) is 12.8. The second-order valence-corrected chi connectivity index (χ2v) is 4.98. The second kappa shape index (κ2) is 6.86. The first-order chi connectivity index (χ1) is 11.6. The van der Waals surface area contributed by atoms with E-state index in [1.165, 1.54) is 29.2 Å². The molecule has 0 radical (unpaired) electrons. The minimum Gasteiger partial charge on any atom is -0.481 e. The van der Waals surface area contributed by atoms with Crippen LogP contribution in [0, 0.1) is 5.82 Å². The van der Waals surface area contributed by atoms with Crippen molar-refractivity contribution in [1.29, 1.82) is 0 Å². The Balaban J connectivity index is 1.73. The minimum atomic E-state index is -0.788. The summed E-state index contributed by atoms with van der Waals surface area (Å²) in [6.07, 6.45) is 0.587. The molecular weight excluding hydrogens is 313 g/mol. The van der Waals surface area contributed by atoms with Crippen LogP contribution in [0.1, 0.15) is 6.92 Å². The van der Waals surface area contributed by atoms with Crippen molar-refractivity contribution < 1.29 is 13.9 Å². The number of carbonyl (C=O) groups is 1. The highest BCUT2D eigenvalue weighted by Crippen LogP contribution is 2.19. The number of para-hydroxylation sites is 1. The molecule has 0 unspecified atom stereocenters. The van der Waals surface area contributed by atoms with Gasteiger partial charge in [-0.05, 0) is 47.7 Å². The molecular formula is C16H14FN5O2. The smallest absolute Gasteiger partial charge is 0.265 e. The summed E-state index contributed by atoms with van der Waals surface area (Å²) < 4.78 is 20.8. The van der Waals surface area contributed by atoms with Crippen molar-refractivity contribution in [1.82, 2.24) is 20.2 Å². The molecule has 0 aliphatic heterocycles. The van der Waals surface area contributed by atoms with Gasteiger partial charge in [0.05, 0.1) is 11.4 Å². The number of hydrogen-bond donors (Lipinski definition) is 1. The minimum absolute atomic E-state index is 0.0245. The number of nitrogens with one attached hydrogen (secondary N) is 1. The van der Waals surface area contributed by atoms with Gasteiger partial charge in [0.25, 0.3) is 5.91 Å². The van der Waals surface area contributed by atoms with Crippen LogP contribution in [0.4, 0.5) is 10.1 Å². The van der Waals surface area contributed by atoms with Crippen molar-refractivity contribution in [2.45, 2.75) is 13.0 Å². The monoisotopic (exact) mass is 327 g/mol. The summed E-state index contributed by atoms with van der Waals surface area (Å²) in [6.45, 7) is 1.59. The van der Waals surface area contributed by atoms with Gasteiger partial charge in [-0.15, -0.1) is 5.10 Å². The molecule has 3 rings (SSSR count). The van der Waals surface area contributed by atoms with Gasteiger partial charge in [-0.1, -0.05) is 18.2 Å². The van der Waals surface area contributed by atoms with E-state index in [0.29, 0.717) is 11.4 Å². The SMILES string of the molecule is C[C@H](Oc1ccccc1)C(=O)Nc1cc(-n2cnnn2)ccc1F. The Hall–Kier alpha value is -3.29. The summed E-state index contributed by atoms with van der Waals surface area (Å²) in [5.74, 6) is -0.471. The van der Waals surface area contributed by atoms with Gasteiger partial charge in [0.2, 0.25) is 0 Å². The molecule has 7 nitrogen and oxygen atoms in total. The Bertz CT molecular complexity index is 824. The van der Waals surface area contributed by atoms with Crippen LogP contribution in [-0.2, 0) is 4.79 Å². The summed E-state index contributed by atoms with van der Waals surface area (Å²) in [5.41, 5.74) is 0.546. The Morgan fingerprint density at radius 2 is 2.04 bits per heavy atom. The zero-order valence-corrected chi connectivity index (χ0v) is 12.8. The van der Waals surface area contributed by atoms with E-state index < -0.39 is 17.8 Å². The quantitative estimate of drug-likeness (QED) is 0.777. The fraction of sp³-hybridized carbons (Fsp3) is 0.125. The van der Waals surface area contributed by atoms with E-state index in [9.17, 15) is 9.18 Å². The topological polar surface area (TPSA) is 81.9 Å². The average molecular weight is 327 g/mol. The van der Waals surface area contributed by atoms with Crippen LogP contribution in [-0.4, -0.2) is 32.2 Å². The van der Waals surface area contributed by atoms with Crippen LogP contribution < -0.4 is 10.1 Å². The molecule has 0 spiro atoms. The number of tetrazole rings is 1. The maximum atomic E-state index is 13.9. The van der Waals surface area contributed by atoms with E-state index in [4.69, 9.17) is 4.74 Å². The summed E-state index contributed by atoms with van der Waals surface area (Å²) in [7, 11) is 0. The highest BCUT2D eigenvalue weighted by atomic mass is 19.1. The highest BCUT2D eigenvalue weighted by Gasteiger charge is 2.17. The van der Waals surface area contributed by atoms with Crippen molar-refractivity contribution in [3.05, 3.63) is 60.7 Å². The predicted molar refractivity (Wildman–Crippen MR) is 84.3 cm³/mol. The van der Waals surface area contributed by atoms with E-state index in [1.54, 1.807) is 31.2 Å².